The standard InChI is InChI=1S/C11H13ClN4O2/c1-7-4-14-11(18-7)5-13-9-3-8(12)15-10(16-9)6-17-2/h3-4H,5-6H2,1-2H3,(H,13,15,16). The molecule has 0 spiro atoms. The van der Waals surface area contributed by atoms with Gasteiger partial charge in [0.1, 0.15) is 23.3 Å². The molecule has 18 heavy (non-hydrogen) atoms. The molecule has 2 aromatic rings. The number of halogens is 1. The van der Waals surface area contributed by atoms with E-state index in [0.29, 0.717) is 35.8 Å². The molecule has 0 aliphatic carbocycles. The van der Waals surface area contributed by atoms with Crippen molar-refractivity contribution in [3.63, 3.8) is 0 Å². The molecular weight excluding hydrogens is 256 g/mol. The zero-order valence-corrected chi connectivity index (χ0v) is 10.9. The molecule has 7 heteroatoms. The van der Waals surface area contributed by atoms with Gasteiger partial charge in [-0.3, -0.25) is 0 Å². The molecule has 0 saturated carbocycles. The van der Waals surface area contributed by atoms with Crippen LogP contribution in [0.5, 0.6) is 0 Å². The van der Waals surface area contributed by atoms with Gasteiger partial charge in [-0.1, -0.05) is 11.6 Å². The minimum absolute atomic E-state index is 0.313. The van der Waals surface area contributed by atoms with Crippen LogP contribution in [0.3, 0.4) is 0 Å². The molecule has 0 saturated heterocycles. The third-order valence-corrected chi connectivity index (χ3v) is 2.30. The monoisotopic (exact) mass is 268 g/mol. The number of nitrogens with one attached hydrogen (secondary N) is 1. The minimum atomic E-state index is 0.313. The highest BCUT2D eigenvalue weighted by Crippen LogP contribution is 2.13. The molecule has 2 heterocycles. The Hall–Kier alpha value is -1.66. The van der Waals surface area contributed by atoms with Crippen molar-refractivity contribution in [2.45, 2.75) is 20.1 Å². The molecule has 0 amide bonds. The summed E-state index contributed by atoms with van der Waals surface area (Å²) in [5.41, 5.74) is 0. The first-order valence-electron chi connectivity index (χ1n) is 5.35. The van der Waals surface area contributed by atoms with Crippen molar-refractivity contribution in [1.29, 1.82) is 0 Å². The topological polar surface area (TPSA) is 73.1 Å². The molecular formula is C11H13ClN4O2. The predicted octanol–water partition coefficient (Wildman–Crippen LogP) is 2.18. The predicted molar refractivity (Wildman–Crippen MR) is 66.3 cm³/mol. The quantitative estimate of drug-likeness (QED) is 0.838. The van der Waals surface area contributed by atoms with E-state index < -0.39 is 0 Å². The fraction of sp³-hybridized carbons (Fsp3) is 0.364. The molecule has 2 aromatic heterocycles. The van der Waals surface area contributed by atoms with Crippen molar-refractivity contribution >= 4 is 17.4 Å². The highest BCUT2D eigenvalue weighted by molar-refractivity contribution is 6.29. The maximum atomic E-state index is 5.89. The Morgan fingerprint density at radius 2 is 2.28 bits per heavy atom. The number of hydrogen-bond donors (Lipinski definition) is 1. The molecule has 0 aliphatic rings. The van der Waals surface area contributed by atoms with E-state index in [9.17, 15) is 0 Å². The lowest BCUT2D eigenvalue weighted by Crippen LogP contribution is -2.05. The molecule has 0 radical (unpaired) electrons. The maximum absolute atomic E-state index is 5.89. The van der Waals surface area contributed by atoms with Gasteiger partial charge in [0.25, 0.3) is 0 Å². The fourth-order valence-corrected chi connectivity index (χ4v) is 1.60. The van der Waals surface area contributed by atoms with Crippen LogP contribution in [0.1, 0.15) is 17.5 Å². The van der Waals surface area contributed by atoms with E-state index in [1.807, 2.05) is 6.92 Å². The Morgan fingerprint density at radius 1 is 1.44 bits per heavy atom. The van der Waals surface area contributed by atoms with Crippen LogP contribution in [0.4, 0.5) is 5.82 Å². The molecule has 0 fully saturated rings. The average molecular weight is 269 g/mol. The fourth-order valence-electron chi connectivity index (χ4n) is 1.40. The second kappa shape index (κ2) is 5.79. The molecule has 6 nitrogen and oxygen atoms in total. The lowest BCUT2D eigenvalue weighted by Gasteiger charge is -2.05. The van der Waals surface area contributed by atoms with E-state index in [2.05, 4.69) is 20.3 Å². The minimum Gasteiger partial charge on any atom is -0.444 e. The van der Waals surface area contributed by atoms with Crippen molar-refractivity contribution in [3.8, 4) is 0 Å². The van der Waals surface area contributed by atoms with Crippen LogP contribution in [0.25, 0.3) is 0 Å². The number of aryl methyl sites for hydroxylation is 1. The Kier molecular flexibility index (Phi) is 4.11. The second-order valence-corrected chi connectivity index (χ2v) is 4.03. The Labute approximate surface area is 109 Å². The number of anilines is 1. The summed E-state index contributed by atoms with van der Waals surface area (Å²) >= 11 is 5.89. The number of rotatable bonds is 5. The van der Waals surface area contributed by atoms with Gasteiger partial charge < -0.3 is 14.5 Å². The van der Waals surface area contributed by atoms with Crippen molar-refractivity contribution in [2.24, 2.45) is 0 Å². The van der Waals surface area contributed by atoms with Crippen LogP contribution < -0.4 is 5.32 Å². The van der Waals surface area contributed by atoms with Crippen LogP contribution in [0, 0.1) is 6.92 Å². The number of ether oxygens (including phenoxy) is 1. The zero-order chi connectivity index (χ0) is 13.0. The molecule has 2 rings (SSSR count). The van der Waals surface area contributed by atoms with Crippen molar-refractivity contribution in [3.05, 3.63) is 34.9 Å². The molecule has 0 atom stereocenters. The van der Waals surface area contributed by atoms with Gasteiger partial charge in [-0.15, -0.1) is 0 Å². The first kappa shape index (κ1) is 12.8. The highest BCUT2D eigenvalue weighted by atomic mass is 35.5. The smallest absolute Gasteiger partial charge is 0.213 e. The van der Waals surface area contributed by atoms with Gasteiger partial charge in [0.2, 0.25) is 5.89 Å². The van der Waals surface area contributed by atoms with Gasteiger partial charge in [-0.05, 0) is 6.92 Å². The normalized spacial score (nSPS) is 10.6. The van der Waals surface area contributed by atoms with E-state index in [-0.39, 0.29) is 0 Å². The summed E-state index contributed by atoms with van der Waals surface area (Å²) in [5.74, 6) is 2.50. The summed E-state index contributed by atoms with van der Waals surface area (Å²) in [6.07, 6.45) is 1.67. The SMILES string of the molecule is COCc1nc(Cl)cc(NCc2ncc(C)o2)n1. The maximum Gasteiger partial charge on any atom is 0.213 e. The molecule has 0 aromatic carbocycles. The number of methoxy groups -OCH3 is 1. The van der Waals surface area contributed by atoms with E-state index in [4.69, 9.17) is 20.8 Å². The number of nitrogens with zero attached hydrogens (tertiary/aromatic N) is 3. The third-order valence-electron chi connectivity index (χ3n) is 2.10. The van der Waals surface area contributed by atoms with Gasteiger partial charge in [0.05, 0.1) is 12.7 Å². The van der Waals surface area contributed by atoms with Crippen LogP contribution in [0.15, 0.2) is 16.7 Å². The lowest BCUT2D eigenvalue weighted by molar-refractivity contribution is 0.178. The van der Waals surface area contributed by atoms with Crippen LogP contribution in [-0.2, 0) is 17.9 Å². The van der Waals surface area contributed by atoms with Crippen LogP contribution >= 0.6 is 11.6 Å². The van der Waals surface area contributed by atoms with E-state index in [0.717, 1.165) is 5.76 Å². The summed E-state index contributed by atoms with van der Waals surface area (Å²) in [5, 5.41) is 3.43. The van der Waals surface area contributed by atoms with Gasteiger partial charge in [0.15, 0.2) is 5.82 Å². The summed E-state index contributed by atoms with van der Waals surface area (Å²) in [6.45, 7) is 2.59. The zero-order valence-electron chi connectivity index (χ0n) is 10.1. The number of aromatic nitrogens is 3. The highest BCUT2D eigenvalue weighted by Gasteiger charge is 2.05. The summed E-state index contributed by atoms with van der Waals surface area (Å²) in [7, 11) is 1.58. The number of hydrogen-bond acceptors (Lipinski definition) is 6. The summed E-state index contributed by atoms with van der Waals surface area (Å²) in [6, 6.07) is 1.64. The van der Waals surface area contributed by atoms with Crippen molar-refractivity contribution < 1.29 is 9.15 Å². The molecule has 96 valence electrons. The van der Waals surface area contributed by atoms with Crippen molar-refractivity contribution in [2.75, 3.05) is 12.4 Å². The van der Waals surface area contributed by atoms with Gasteiger partial charge >= 0.3 is 0 Å². The summed E-state index contributed by atoms with van der Waals surface area (Å²) in [4.78, 5) is 12.4. The van der Waals surface area contributed by atoms with E-state index in [1.165, 1.54) is 0 Å². The number of oxazole rings is 1. The Bertz CT molecular complexity index is 530. The lowest BCUT2D eigenvalue weighted by atomic mass is 10.5. The first-order chi connectivity index (χ1) is 8.67. The van der Waals surface area contributed by atoms with E-state index in [1.54, 1.807) is 19.4 Å². The van der Waals surface area contributed by atoms with Crippen LogP contribution in [-0.4, -0.2) is 22.1 Å². The average Bonchev–Trinajstić information content (AvgIpc) is 2.72. The molecule has 0 unspecified atom stereocenters. The second-order valence-electron chi connectivity index (χ2n) is 3.64. The summed E-state index contributed by atoms with van der Waals surface area (Å²) < 4.78 is 10.3. The Balaban J connectivity index is 2.04. The van der Waals surface area contributed by atoms with Gasteiger partial charge in [-0.25, -0.2) is 15.0 Å². The molecule has 0 aliphatic heterocycles. The molecule has 0 bridgehead atoms. The molecule has 1 N–H and O–H groups in total. The first-order valence-corrected chi connectivity index (χ1v) is 5.73. The van der Waals surface area contributed by atoms with Crippen LogP contribution in [0.2, 0.25) is 5.15 Å². The van der Waals surface area contributed by atoms with Crippen molar-refractivity contribution in [1.82, 2.24) is 15.0 Å². The third kappa shape index (κ3) is 3.41. The van der Waals surface area contributed by atoms with Gasteiger partial charge in [-0.2, -0.15) is 0 Å². The van der Waals surface area contributed by atoms with Gasteiger partial charge in [0, 0.05) is 13.2 Å². The van der Waals surface area contributed by atoms with E-state index >= 15 is 0 Å². The largest absolute Gasteiger partial charge is 0.444 e. The Morgan fingerprint density at radius 3 is 2.94 bits per heavy atom.